The van der Waals surface area contributed by atoms with Gasteiger partial charge in [-0.25, -0.2) is 23.5 Å². The van der Waals surface area contributed by atoms with Crippen LogP contribution in [0.15, 0.2) is 64.6 Å². The maximum atomic E-state index is 12.4. The fourth-order valence-electron chi connectivity index (χ4n) is 3.28. The third-order valence-electron chi connectivity index (χ3n) is 4.79. The van der Waals surface area contributed by atoms with Gasteiger partial charge in [0.15, 0.2) is 10.9 Å². The zero-order valence-corrected chi connectivity index (χ0v) is 17.7. The summed E-state index contributed by atoms with van der Waals surface area (Å²) in [5.74, 6) is 0.971. The first-order valence-electron chi connectivity index (χ1n) is 9.41. The Kier molecular flexibility index (Phi) is 5.85. The summed E-state index contributed by atoms with van der Waals surface area (Å²) in [4.78, 5) is 21.7. The number of benzene rings is 2. The van der Waals surface area contributed by atoms with Gasteiger partial charge in [-0.1, -0.05) is 42.1 Å². The van der Waals surface area contributed by atoms with Gasteiger partial charge in [0, 0.05) is 16.8 Å². The van der Waals surface area contributed by atoms with Gasteiger partial charge in [-0.2, -0.15) is 0 Å². The zero-order chi connectivity index (χ0) is 21.1. The highest BCUT2D eigenvalue weighted by molar-refractivity contribution is 7.99. The Bertz CT molecular complexity index is 1180. The molecule has 9 heteroatoms. The lowest BCUT2D eigenvalue weighted by Crippen LogP contribution is -2.12. The summed E-state index contributed by atoms with van der Waals surface area (Å²) >= 11 is 1.31. The second kappa shape index (κ2) is 8.55. The number of ketones is 1. The average Bonchev–Trinajstić information content (AvgIpc) is 3.21. The van der Waals surface area contributed by atoms with E-state index >= 15 is 0 Å². The summed E-state index contributed by atoms with van der Waals surface area (Å²) in [5, 5.41) is 8.96. The molecule has 0 unspecified atom stereocenters. The van der Waals surface area contributed by atoms with Crippen molar-refractivity contribution in [3.63, 3.8) is 0 Å². The van der Waals surface area contributed by atoms with Crippen molar-refractivity contribution < 1.29 is 13.2 Å². The smallest absolute Gasteiger partial charge is 0.238 e. The molecule has 0 aliphatic heterocycles. The third kappa shape index (κ3) is 4.69. The number of aromatic nitrogens is 2. The van der Waals surface area contributed by atoms with E-state index in [4.69, 9.17) is 5.14 Å². The molecule has 0 atom stereocenters. The molecular weight excluding hydrogens is 420 g/mol. The van der Waals surface area contributed by atoms with Crippen LogP contribution in [0.2, 0.25) is 0 Å². The van der Waals surface area contributed by atoms with Crippen LogP contribution in [0, 0.1) is 0 Å². The molecule has 0 bridgehead atoms. The minimum absolute atomic E-state index is 0.0257. The number of rotatable bonds is 7. The number of hydrogen-bond acceptors (Lipinski definition) is 7. The monoisotopic (exact) mass is 440 g/mol. The molecule has 154 valence electrons. The predicted molar refractivity (Wildman–Crippen MR) is 117 cm³/mol. The van der Waals surface area contributed by atoms with Gasteiger partial charge in [-0.15, -0.1) is 0 Å². The van der Waals surface area contributed by atoms with E-state index < -0.39 is 10.0 Å². The van der Waals surface area contributed by atoms with Gasteiger partial charge in [0.2, 0.25) is 10.0 Å². The van der Waals surface area contributed by atoms with E-state index in [0.29, 0.717) is 22.2 Å². The lowest BCUT2D eigenvalue weighted by Gasteiger charge is -2.12. The van der Waals surface area contributed by atoms with Crippen molar-refractivity contribution in [3.8, 4) is 0 Å². The lowest BCUT2D eigenvalue weighted by molar-refractivity contribution is 0.102. The summed E-state index contributed by atoms with van der Waals surface area (Å²) in [6.45, 7) is 0. The van der Waals surface area contributed by atoms with E-state index in [1.54, 1.807) is 24.3 Å². The Morgan fingerprint density at radius 2 is 1.77 bits per heavy atom. The molecule has 3 aromatic rings. The molecule has 1 heterocycles. The second-order valence-electron chi connectivity index (χ2n) is 6.91. The second-order valence-corrected chi connectivity index (χ2v) is 9.41. The lowest BCUT2D eigenvalue weighted by atomic mass is 10.2. The van der Waals surface area contributed by atoms with Crippen LogP contribution in [-0.4, -0.2) is 29.9 Å². The number of nitrogens with one attached hydrogen (secondary N) is 1. The van der Waals surface area contributed by atoms with Crippen LogP contribution in [0.3, 0.4) is 0 Å². The third-order valence-corrected chi connectivity index (χ3v) is 6.56. The molecule has 0 fully saturated rings. The van der Waals surface area contributed by atoms with E-state index in [-0.39, 0.29) is 16.4 Å². The number of sulfonamides is 1. The quantitative estimate of drug-likeness (QED) is 0.329. The Morgan fingerprint density at radius 1 is 1.03 bits per heavy atom. The number of fused-ring (bicyclic) bond motifs is 1. The fraction of sp³-hybridized carbons (Fsp3) is 0.190. The number of carbonyl (C=O) groups is 1. The number of Topliss-reactive ketones (excluding diaryl/α,β-unsaturated/α-hetero) is 1. The summed E-state index contributed by atoms with van der Waals surface area (Å²) in [5.41, 5.74) is 3.42. The summed E-state index contributed by atoms with van der Waals surface area (Å²) in [6.07, 6.45) is 2.75. The van der Waals surface area contributed by atoms with Gasteiger partial charge in [0.25, 0.3) is 0 Å². The molecule has 0 amide bonds. The van der Waals surface area contributed by atoms with Crippen molar-refractivity contribution in [2.24, 2.45) is 5.14 Å². The van der Waals surface area contributed by atoms with Gasteiger partial charge in [-0.05, 0) is 43.5 Å². The number of primary sulfonamides is 1. The van der Waals surface area contributed by atoms with Crippen LogP contribution >= 0.6 is 11.8 Å². The standard InChI is InChI=1S/C21H20N4O3S2/c22-30(27,28)16-11-9-15(10-12-16)23-20-17-7-4-8-18(17)24-21(25-20)29-13-19(26)14-5-2-1-3-6-14/h1-3,5-6,9-12H,4,7-8,13H2,(H2,22,27,28)(H,23,24,25). The molecule has 1 aliphatic rings. The Labute approximate surface area is 179 Å². The van der Waals surface area contributed by atoms with Crippen LogP contribution < -0.4 is 10.5 Å². The minimum Gasteiger partial charge on any atom is -0.340 e. The maximum absolute atomic E-state index is 12.4. The predicted octanol–water partition coefficient (Wildman–Crippen LogP) is 3.33. The van der Waals surface area contributed by atoms with Crippen molar-refractivity contribution in [2.75, 3.05) is 11.1 Å². The maximum Gasteiger partial charge on any atom is 0.238 e. The molecule has 3 N–H and O–H groups in total. The number of aryl methyl sites for hydroxylation is 1. The molecule has 7 nitrogen and oxygen atoms in total. The van der Waals surface area contributed by atoms with Crippen LogP contribution in [0.5, 0.6) is 0 Å². The molecule has 30 heavy (non-hydrogen) atoms. The van der Waals surface area contributed by atoms with Crippen LogP contribution in [-0.2, 0) is 22.9 Å². The van der Waals surface area contributed by atoms with Crippen molar-refractivity contribution in [2.45, 2.75) is 29.3 Å². The van der Waals surface area contributed by atoms with Gasteiger partial charge < -0.3 is 5.32 Å². The van der Waals surface area contributed by atoms with E-state index in [0.717, 1.165) is 30.5 Å². The number of nitrogens with zero attached hydrogens (tertiary/aromatic N) is 2. The highest BCUT2D eigenvalue weighted by Gasteiger charge is 2.20. The fourth-order valence-corrected chi connectivity index (χ4v) is 4.55. The minimum atomic E-state index is -3.74. The van der Waals surface area contributed by atoms with Gasteiger partial charge in [0.1, 0.15) is 5.82 Å². The SMILES string of the molecule is NS(=O)(=O)c1ccc(Nc2nc(SCC(=O)c3ccccc3)nc3c2CCC3)cc1. The van der Waals surface area contributed by atoms with E-state index in [2.05, 4.69) is 15.3 Å². The van der Waals surface area contributed by atoms with Gasteiger partial charge in [0.05, 0.1) is 16.3 Å². The highest BCUT2D eigenvalue weighted by atomic mass is 32.2. The number of hydrogen-bond donors (Lipinski definition) is 2. The summed E-state index contributed by atoms with van der Waals surface area (Å²) < 4.78 is 22.9. The molecule has 0 spiro atoms. The van der Waals surface area contributed by atoms with Crippen molar-refractivity contribution in [1.29, 1.82) is 0 Å². The van der Waals surface area contributed by atoms with Crippen LogP contribution in [0.1, 0.15) is 28.0 Å². The first-order valence-corrected chi connectivity index (χ1v) is 11.9. The topological polar surface area (TPSA) is 115 Å². The molecule has 0 radical (unpaired) electrons. The number of anilines is 2. The van der Waals surface area contributed by atoms with E-state index in [1.165, 1.54) is 23.9 Å². The molecular formula is C21H20N4O3S2. The van der Waals surface area contributed by atoms with Crippen LogP contribution in [0.25, 0.3) is 0 Å². The van der Waals surface area contributed by atoms with E-state index in [1.807, 2.05) is 18.2 Å². The summed E-state index contributed by atoms with van der Waals surface area (Å²) in [7, 11) is -3.74. The normalized spacial score (nSPS) is 13.1. The first-order chi connectivity index (χ1) is 14.4. The molecule has 4 rings (SSSR count). The first kappa shape index (κ1) is 20.5. The largest absolute Gasteiger partial charge is 0.340 e. The molecule has 1 aliphatic carbocycles. The van der Waals surface area contributed by atoms with Crippen molar-refractivity contribution in [3.05, 3.63) is 71.4 Å². The van der Waals surface area contributed by atoms with E-state index in [9.17, 15) is 13.2 Å². The molecule has 1 aromatic heterocycles. The van der Waals surface area contributed by atoms with Gasteiger partial charge in [-0.3, -0.25) is 4.79 Å². The number of nitrogens with two attached hydrogens (primary N) is 1. The number of thioether (sulfide) groups is 1. The average molecular weight is 441 g/mol. The highest BCUT2D eigenvalue weighted by Crippen LogP contribution is 2.31. The summed E-state index contributed by atoms with van der Waals surface area (Å²) in [6, 6.07) is 15.3. The zero-order valence-electron chi connectivity index (χ0n) is 16.0. The molecule has 2 aromatic carbocycles. The van der Waals surface area contributed by atoms with Crippen LogP contribution in [0.4, 0.5) is 11.5 Å². The molecule has 0 saturated carbocycles. The Morgan fingerprint density at radius 3 is 2.47 bits per heavy atom. The Hall–Kier alpha value is -2.75. The number of carbonyl (C=O) groups excluding carboxylic acids is 1. The van der Waals surface area contributed by atoms with Crippen molar-refractivity contribution in [1.82, 2.24) is 9.97 Å². The molecule has 0 saturated heterocycles. The van der Waals surface area contributed by atoms with Gasteiger partial charge >= 0.3 is 0 Å². The van der Waals surface area contributed by atoms with Crippen molar-refractivity contribution >= 4 is 39.1 Å². The Balaban J connectivity index is 1.53.